The van der Waals surface area contributed by atoms with Crippen molar-refractivity contribution in [1.29, 1.82) is 5.26 Å². The monoisotopic (exact) mass is 335 g/mol. The van der Waals surface area contributed by atoms with Crippen molar-refractivity contribution >= 4 is 27.7 Å². The fourth-order valence-corrected chi connectivity index (χ4v) is 2.46. The topological polar surface area (TPSA) is 90.3 Å². The van der Waals surface area contributed by atoms with Crippen molar-refractivity contribution in [3.05, 3.63) is 35.9 Å². The molecule has 0 unspecified atom stereocenters. The maximum Gasteiger partial charge on any atom is 0.246 e. The highest BCUT2D eigenvalue weighted by molar-refractivity contribution is 7.92. The third-order valence-corrected chi connectivity index (χ3v) is 3.65. The van der Waals surface area contributed by atoms with Gasteiger partial charge in [0.25, 0.3) is 0 Å². The van der Waals surface area contributed by atoms with Crippen molar-refractivity contribution in [2.75, 3.05) is 24.1 Å². The first-order chi connectivity index (χ1) is 10.7. The van der Waals surface area contributed by atoms with Gasteiger partial charge in [-0.2, -0.15) is 5.26 Å². The number of rotatable bonds is 7. The second-order valence-corrected chi connectivity index (χ2v) is 6.99. The van der Waals surface area contributed by atoms with E-state index in [0.29, 0.717) is 18.8 Å². The molecular formula is C16H21N3O3S. The van der Waals surface area contributed by atoms with E-state index < -0.39 is 10.0 Å². The Morgan fingerprint density at radius 1 is 1.39 bits per heavy atom. The molecule has 0 bridgehead atoms. The molecule has 0 saturated heterocycles. The van der Waals surface area contributed by atoms with E-state index in [0.717, 1.165) is 11.8 Å². The van der Waals surface area contributed by atoms with Crippen LogP contribution in [0.15, 0.2) is 30.3 Å². The van der Waals surface area contributed by atoms with Crippen LogP contribution in [0.25, 0.3) is 6.08 Å². The van der Waals surface area contributed by atoms with Gasteiger partial charge in [0.05, 0.1) is 18.2 Å². The molecule has 0 saturated carbocycles. The van der Waals surface area contributed by atoms with Crippen molar-refractivity contribution in [3.8, 4) is 6.07 Å². The molecule has 1 aromatic carbocycles. The SMILES string of the molecule is CCN(C[C@H](C)C#N)C(=O)/C=C/c1ccc(NS(C)(=O)=O)cc1. The second kappa shape index (κ2) is 8.34. The first-order valence-electron chi connectivity index (χ1n) is 7.19. The van der Waals surface area contributed by atoms with Crippen LogP contribution >= 0.6 is 0 Å². The number of anilines is 1. The van der Waals surface area contributed by atoms with Gasteiger partial charge >= 0.3 is 0 Å². The van der Waals surface area contributed by atoms with E-state index in [1.165, 1.54) is 6.08 Å². The Balaban J connectivity index is 2.72. The molecular weight excluding hydrogens is 314 g/mol. The van der Waals surface area contributed by atoms with Gasteiger partial charge in [-0.15, -0.1) is 0 Å². The minimum Gasteiger partial charge on any atom is -0.338 e. The Morgan fingerprint density at radius 2 is 2.00 bits per heavy atom. The Kier molecular flexibility index (Phi) is 6.79. The van der Waals surface area contributed by atoms with E-state index in [-0.39, 0.29) is 11.8 Å². The Labute approximate surface area is 137 Å². The van der Waals surface area contributed by atoms with Crippen molar-refractivity contribution in [2.45, 2.75) is 13.8 Å². The van der Waals surface area contributed by atoms with Crippen LogP contribution in [0.1, 0.15) is 19.4 Å². The number of hydrogen-bond acceptors (Lipinski definition) is 4. The number of likely N-dealkylation sites (N-methyl/N-ethyl adjacent to an activating group) is 1. The average Bonchev–Trinajstić information content (AvgIpc) is 2.49. The van der Waals surface area contributed by atoms with Crippen LogP contribution in [0, 0.1) is 17.2 Å². The van der Waals surface area contributed by atoms with E-state index in [4.69, 9.17) is 5.26 Å². The predicted molar refractivity (Wildman–Crippen MR) is 91.0 cm³/mol. The maximum atomic E-state index is 12.1. The Hall–Kier alpha value is -2.33. The molecule has 0 fully saturated rings. The minimum absolute atomic E-state index is 0.159. The molecule has 1 N–H and O–H groups in total. The number of sulfonamides is 1. The van der Waals surface area contributed by atoms with Gasteiger partial charge in [0.15, 0.2) is 0 Å². The summed E-state index contributed by atoms with van der Waals surface area (Å²) in [5.74, 6) is -0.374. The van der Waals surface area contributed by atoms with Crippen LogP contribution < -0.4 is 4.72 Å². The van der Waals surface area contributed by atoms with Crippen molar-refractivity contribution in [1.82, 2.24) is 4.90 Å². The third kappa shape index (κ3) is 6.98. The lowest BCUT2D eigenvalue weighted by Gasteiger charge is -2.20. The average molecular weight is 335 g/mol. The zero-order chi connectivity index (χ0) is 17.5. The van der Waals surface area contributed by atoms with Gasteiger partial charge < -0.3 is 4.90 Å². The number of amides is 1. The molecule has 0 aromatic heterocycles. The van der Waals surface area contributed by atoms with Crippen LogP contribution in [0.3, 0.4) is 0 Å². The number of nitrogens with zero attached hydrogens (tertiary/aromatic N) is 2. The molecule has 0 radical (unpaired) electrons. The van der Waals surface area contributed by atoms with Crippen molar-refractivity contribution in [2.24, 2.45) is 5.92 Å². The summed E-state index contributed by atoms with van der Waals surface area (Å²) in [4.78, 5) is 13.7. The van der Waals surface area contributed by atoms with Gasteiger partial charge in [0.2, 0.25) is 15.9 Å². The first-order valence-corrected chi connectivity index (χ1v) is 9.08. The zero-order valence-electron chi connectivity index (χ0n) is 13.5. The largest absolute Gasteiger partial charge is 0.338 e. The van der Waals surface area contributed by atoms with E-state index in [2.05, 4.69) is 10.8 Å². The van der Waals surface area contributed by atoms with Crippen LogP contribution in [0.5, 0.6) is 0 Å². The lowest BCUT2D eigenvalue weighted by atomic mass is 10.1. The molecule has 1 rings (SSSR count). The summed E-state index contributed by atoms with van der Waals surface area (Å²) in [6.45, 7) is 4.56. The standard InChI is InChI=1S/C16H21N3O3S/c1-4-19(12-13(2)11-17)16(20)10-7-14-5-8-15(9-6-14)18-23(3,21)22/h5-10,13,18H,4,12H2,1-3H3/b10-7+/t13-/m1/s1. The van der Waals surface area contributed by atoms with Gasteiger partial charge in [-0.3, -0.25) is 9.52 Å². The van der Waals surface area contributed by atoms with E-state index in [1.807, 2.05) is 6.92 Å². The Morgan fingerprint density at radius 3 is 2.48 bits per heavy atom. The smallest absolute Gasteiger partial charge is 0.246 e. The van der Waals surface area contributed by atoms with Crippen LogP contribution in [0.2, 0.25) is 0 Å². The molecule has 0 aliphatic carbocycles. The zero-order valence-corrected chi connectivity index (χ0v) is 14.3. The summed E-state index contributed by atoms with van der Waals surface area (Å²) >= 11 is 0. The third-order valence-electron chi connectivity index (χ3n) is 3.04. The lowest BCUT2D eigenvalue weighted by molar-refractivity contribution is -0.126. The van der Waals surface area contributed by atoms with E-state index in [9.17, 15) is 13.2 Å². The normalized spacial score (nSPS) is 12.6. The lowest BCUT2D eigenvalue weighted by Crippen LogP contribution is -2.32. The summed E-state index contributed by atoms with van der Waals surface area (Å²) in [5, 5.41) is 8.82. The summed E-state index contributed by atoms with van der Waals surface area (Å²) in [5.41, 5.74) is 1.25. The molecule has 0 aliphatic heterocycles. The highest BCUT2D eigenvalue weighted by atomic mass is 32.2. The van der Waals surface area contributed by atoms with Gasteiger partial charge in [-0.05, 0) is 37.6 Å². The number of nitrogens with one attached hydrogen (secondary N) is 1. The molecule has 1 atom stereocenters. The van der Waals surface area contributed by atoms with Gasteiger partial charge in [-0.1, -0.05) is 12.1 Å². The maximum absolute atomic E-state index is 12.1. The molecule has 0 heterocycles. The van der Waals surface area contributed by atoms with Crippen LogP contribution in [0.4, 0.5) is 5.69 Å². The molecule has 7 heteroatoms. The van der Waals surface area contributed by atoms with Gasteiger partial charge in [0.1, 0.15) is 0 Å². The van der Waals surface area contributed by atoms with Crippen LogP contribution in [-0.2, 0) is 14.8 Å². The molecule has 1 amide bonds. The summed E-state index contributed by atoms with van der Waals surface area (Å²) in [6.07, 6.45) is 4.19. The molecule has 0 spiro atoms. The number of benzene rings is 1. The van der Waals surface area contributed by atoms with E-state index in [1.54, 1.807) is 42.2 Å². The molecule has 23 heavy (non-hydrogen) atoms. The fraction of sp³-hybridized carbons (Fsp3) is 0.375. The highest BCUT2D eigenvalue weighted by Gasteiger charge is 2.11. The van der Waals surface area contributed by atoms with Crippen molar-refractivity contribution in [3.63, 3.8) is 0 Å². The summed E-state index contributed by atoms with van der Waals surface area (Å²) in [7, 11) is -3.30. The fourth-order valence-electron chi connectivity index (χ4n) is 1.90. The van der Waals surface area contributed by atoms with Gasteiger partial charge in [-0.25, -0.2) is 8.42 Å². The van der Waals surface area contributed by atoms with Crippen LogP contribution in [-0.4, -0.2) is 38.6 Å². The number of carbonyl (C=O) groups excluding carboxylic acids is 1. The van der Waals surface area contributed by atoms with Crippen molar-refractivity contribution < 1.29 is 13.2 Å². The Bertz CT molecular complexity index is 703. The predicted octanol–water partition coefficient (Wildman–Crippen LogP) is 2.08. The molecule has 0 aliphatic rings. The van der Waals surface area contributed by atoms with E-state index >= 15 is 0 Å². The quantitative estimate of drug-likeness (QED) is 0.772. The summed E-state index contributed by atoms with van der Waals surface area (Å²) < 4.78 is 24.6. The number of carbonyl (C=O) groups is 1. The molecule has 1 aromatic rings. The first kappa shape index (κ1) is 18.7. The number of nitriles is 1. The second-order valence-electron chi connectivity index (χ2n) is 5.24. The summed E-state index contributed by atoms with van der Waals surface area (Å²) in [6, 6.07) is 8.79. The molecule has 124 valence electrons. The van der Waals surface area contributed by atoms with Gasteiger partial charge in [0, 0.05) is 24.9 Å². The molecule has 6 nitrogen and oxygen atoms in total. The number of hydrogen-bond donors (Lipinski definition) is 1. The minimum atomic E-state index is -3.30. The highest BCUT2D eigenvalue weighted by Crippen LogP contribution is 2.12.